The summed E-state index contributed by atoms with van der Waals surface area (Å²) in [7, 11) is 0. The van der Waals surface area contributed by atoms with Gasteiger partial charge in [-0.3, -0.25) is 0 Å². The van der Waals surface area contributed by atoms with Crippen LogP contribution in [0, 0.1) is 0 Å². The van der Waals surface area contributed by atoms with Crippen molar-refractivity contribution in [3.05, 3.63) is 296 Å². The van der Waals surface area contributed by atoms with Crippen LogP contribution in [0.4, 0.5) is 85.3 Å². The lowest BCUT2D eigenvalue weighted by Crippen LogP contribution is -2.64. The Kier molecular flexibility index (Phi) is 12.1. The molecule has 0 bridgehead atoms. The first-order valence-electron chi connectivity index (χ1n) is 31.9. The molecule has 18 rings (SSSR count). The Balaban J connectivity index is 0.962. The van der Waals surface area contributed by atoms with Crippen LogP contribution < -0.4 is 61.3 Å². The molecule has 91 heavy (non-hydrogen) atoms. The van der Waals surface area contributed by atoms with Crippen molar-refractivity contribution in [2.45, 2.75) is 51.4 Å². The van der Waals surface area contributed by atoms with Crippen LogP contribution in [-0.2, 0) is 10.8 Å². The molecule has 5 heterocycles. The molecule has 0 N–H and O–H groups in total. The Morgan fingerprint density at radius 3 is 1.38 bits per heavy atom. The second-order valence-corrected chi connectivity index (χ2v) is 27.3. The maximum absolute atomic E-state index is 7.31. The Bertz CT molecular complexity index is 4950. The number of hydrogen-bond acceptors (Lipinski definition) is 7. The van der Waals surface area contributed by atoms with Crippen LogP contribution in [0.3, 0.4) is 0 Å². The number of nitrogens with zero attached hydrogens (tertiary/aromatic N) is 5. The molecule has 1 aromatic heterocycles. The van der Waals surface area contributed by atoms with E-state index < -0.39 is 0 Å². The van der Waals surface area contributed by atoms with Crippen molar-refractivity contribution in [3.8, 4) is 11.5 Å². The van der Waals surface area contributed by atoms with Crippen molar-refractivity contribution < 1.29 is 4.74 Å². The smallest absolute Gasteiger partial charge is 0.264 e. The van der Waals surface area contributed by atoms with Crippen LogP contribution in [0.15, 0.2) is 285 Å². The Morgan fingerprint density at radius 1 is 0.352 bits per heavy atom. The fraction of sp³-hybridized carbons (Fsp3) is 0.0976. The fourth-order valence-corrected chi connectivity index (χ4v) is 17.1. The molecule has 0 fully saturated rings. The van der Waals surface area contributed by atoms with E-state index in [0.717, 1.165) is 104 Å². The van der Waals surface area contributed by atoms with Crippen molar-refractivity contribution in [3.63, 3.8) is 0 Å². The van der Waals surface area contributed by atoms with E-state index in [9.17, 15) is 0 Å². The number of thiophene rings is 1. The number of fused-ring (bicyclic) bond motifs is 11. The second-order valence-electron chi connectivity index (χ2n) is 26.2. The molecule has 1 aliphatic carbocycles. The molecule has 5 aliphatic rings. The van der Waals surface area contributed by atoms with Gasteiger partial charge in [-0.15, -0.1) is 11.3 Å². The zero-order valence-corrected chi connectivity index (χ0v) is 52.1. The first-order valence-corrected chi connectivity index (χ1v) is 32.7. The summed E-state index contributed by atoms with van der Waals surface area (Å²) in [6, 6.07) is 106. The summed E-state index contributed by atoms with van der Waals surface area (Å²) in [5, 5.41) is 1.26. The average Bonchev–Trinajstić information content (AvgIpc) is 1.62. The Hall–Kier alpha value is -10.5. The Morgan fingerprint density at radius 2 is 0.813 bits per heavy atom. The number of para-hydroxylation sites is 7. The maximum atomic E-state index is 7.31. The molecule has 4 aliphatic heterocycles. The molecular formula is C82H63B2N5OS. The van der Waals surface area contributed by atoms with Gasteiger partial charge in [0.1, 0.15) is 11.5 Å². The SMILES string of the molecule is CC1(C)CCC(C)(C)c2cc(N3c4cc(N(c5ccccc5)c5ccccc5)cc5c4B(c4cc6c(cc4N5c4ccccc4)N(c4ccccc4)c4cc(N(c5ccccc5)c5ccccc5)cc5c4B6c4ccccc4O5)c4sc5ccccc5c43)ccc21. The molecular weight excluding hydrogens is 1120 g/mol. The zero-order chi connectivity index (χ0) is 60.7. The molecule has 0 saturated heterocycles. The summed E-state index contributed by atoms with van der Waals surface area (Å²) in [5.41, 5.74) is 25.6. The van der Waals surface area contributed by atoms with E-state index in [1.54, 1.807) is 0 Å². The summed E-state index contributed by atoms with van der Waals surface area (Å²) in [5.74, 6) is 1.72. The number of hydrogen-bond donors (Lipinski definition) is 0. The minimum absolute atomic E-state index is 0.0147. The predicted octanol–water partition coefficient (Wildman–Crippen LogP) is 18.7. The van der Waals surface area contributed by atoms with Gasteiger partial charge in [0.15, 0.2) is 0 Å². The van der Waals surface area contributed by atoms with Gasteiger partial charge >= 0.3 is 0 Å². The lowest BCUT2D eigenvalue weighted by atomic mass is 9.31. The monoisotopic (exact) mass is 1190 g/mol. The quantitative estimate of drug-likeness (QED) is 0.134. The van der Waals surface area contributed by atoms with E-state index in [-0.39, 0.29) is 24.3 Å². The molecule has 12 aromatic carbocycles. The summed E-state index contributed by atoms with van der Waals surface area (Å²) in [4.78, 5) is 12.6. The van der Waals surface area contributed by atoms with Gasteiger partial charge in [-0.2, -0.15) is 0 Å². The van der Waals surface area contributed by atoms with Gasteiger partial charge in [0.25, 0.3) is 13.4 Å². The van der Waals surface area contributed by atoms with Crippen molar-refractivity contribution in [1.29, 1.82) is 0 Å². The van der Waals surface area contributed by atoms with E-state index in [4.69, 9.17) is 4.74 Å². The first-order chi connectivity index (χ1) is 44.6. The van der Waals surface area contributed by atoms with Crippen molar-refractivity contribution in [2.24, 2.45) is 0 Å². The molecule has 0 spiro atoms. The van der Waals surface area contributed by atoms with Gasteiger partial charge in [0.05, 0.1) is 17.1 Å². The second kappa shape index (κ2) is 20.5. The predicted molar refractivity (Wildman–Crippen MR) is 386 cm³/mol. The van der Waals surface area contributed by atoms with Crippen molar-refractivity contribution in [2.75, 3.05) is 24.5 Å². The van der Waals surface area contributed by atoms with Gasteiger partial charge in [-0.05, 0) is 183 Å². The number of anilines is 15. The fourth-order valence-electron chi connectivity index (χ4n) is 15.7. The summed E-state index contributed by atoms with van der Waals surface area (Å²) >= 11 is 1.96. The van der Waals surface area contributed by atoms with Crippen LogP contribution >= 0.6 is 11.3 Å². The average molecular weight is 1190 g/mol. The summed E-state index contributed by atoms with van der Waals surface area (Å²) < 4.78 is 9.92. The topological polar surface area (TPSA) is 25.4 Å². The third-order valence-electron chi connectivity index (χ3n) is 20.0. The van der Waals surface area contributed by atoms with E-state index >= 15 is 0 Å². The van der Waals surface area contributed by atoms with Crippen LogP contribution in [-0.4, -0.2) is 13.4 Å². The van der Waals surface area contributed by atoms with Gasteiger partial charge in [-0.25, -0.2) is 0 Å². The highest BCUT2D eigenvalue weighted by Crippen LogP contribution is 2.55. The molecule has 0 radical (unpaired) electrons. The largest absolute Gasteiger partial charge is 0.458 e. The third kappa shape index (κ3) is 8.33. The summed E-state index contributed by atoms with van der Waals surface area (Å²) in [6.07, 6.45) is 2.27. The molecule has 0 amide bonds. The minimum Gasteiger partial charge on any atom is -0.458 e. The highest BCUT2D eigenvalue weighted by molar-refractivity contribution is 7.33. The van der Waals surface area contributed by atoms with E-state index in [0.29, 0.717) is 0 Å². The highest BCUT2D eigenvalue weighted by atomic mass is 32.1. The molecule has 0 atom stereocenters. The van der Waals surface area contributed by atoms with Gasteiger partial charge in [0.2, 0.25) is 0 Å². The zero-order valence-electron chi connectivity index (χ0n) is 51.3. The number of benzene rings is 12. The lowest BCUT2D eigenvalue weighted by Gasteiger charge is -2.46. The third-order valence-corrected chi connectivity index (χ3v) is 21.3. The standard InChI is InChI=1S/C82H63B2N5OS/c1-81(2)45-46-82(3,4)65-47-60(43-44-64(65)81)89-72-49-61(85(54-27-11-5-12-28-54)55-29-13-6-14-30-55)48-71-77(72)84(80-79(89)63-39-23-26-42-76(63)91-80)68-52-67-69(53-70(68)87(71)58-35-19-9-20-36-58)88(59-37-21-10-22-38-59)73-50-62(51-75-78(73)83(67)66-40-24-25-41-74(66)90-75)86(56-31-15-7-16-32-56)57-33-17-8-18-34-57/h5-44,47-53H,45-46H2,1-4H3. The lowest BCUT2D eigenvalue weighted by molar-refractivity contribution is 0.332. The molecule has 6 nitrogen and oxygen atoms in total. The molecule has 434 valence electrons. The van der Waals surface area contributed by atoms with E-state index in [2.05, 4.69) is 337 Å². The first kappa shape index (κ1) is 53.5. The van der Waals surface area contributed by atoms with E-state index in [1.807, 2.05) is 11.3 Å². The normalized spacial score (nSPS) is 14.9. The number of ether oxygens (including phenoxy) is 1. The van der Waals surface area contributed by atoms with Crippen molar-refractivity contribution >= 4 is 152 Å². The molecule has 13 aromatic rings. The number of rotatable bonds is 9. The van der Waals surface area contributed by atoms with Gasteiger partial charge in [0, 0.05) is 89.2 Å². The van der Waals surface area contributed by atoms with Gasteiger partial charge < -0.3 is 29.2 Å². The Labute approximate surface area is 537 Å². The van der Waals surface area contributed by atoms with E-state index in [1.165, 1.54) is 59.4 Å². The summed E-state index contributed by atoms with van der Waals surface area (Å²) in [6.45, 7) is 9.46. The molecule has 9 heteroatoms. The van der Waals surface area contributed by atoms with Gasteiger partial charge in [-0.1, -0.05) is 185 Å². The molecule has 0 saturated carbocycles. The maximum Gasteiger partial charge on any atom is 0.264 e. The van der Waals surface area contributed by atoms with Crippen molar-refractivity contribution in [1.82, 2.24) is 0 Å². The molecule has 0 unspecified atom stereocenters. The van der Waals surface area contributed by atoms with Crippen LogP contribution in [0.2, 0.25) is 0 Å². The highest BCUT2D eigenvalue weighted by Gasteiger charge is 2.50. The van der Waals surface area contributed by atoms with Crippen LogP contribution in [0.25, 0.3) is 10.1 Å². The van der Waals surface area contributed by atoms with Crippen LogP contribution in [0.1, 0.15) is 51.7 Å². The minimum atomic E-state index is -0.171. The van der Waals surface area contributed by atoms with Crippen LogP contribution in [0.5, 0.6) is 11.5 Å².